The second kappa shape index (κ2) is 6.63. The Morgan fingerprint density at radius 3 is 2.47 bits per heavy atom. The standard InChI is InChI=1S/C11H11NO.C3H6O/c1-2-13-11-8-7-9-5-3-4-6-10(9)12-11;1-3(2)4/h3-8H,2H2,1H3;1-2H3. The molecule has 0 spiro atoms. The number of aromatic nitrogens is 1. The van der Waals surface area contributed by atoms with Crippen molar-refractivity contribution in [3.05, 3.63) is 36.4 Å². The third-order valence-corrected chi connectivity index (χ3v) is 1.87. The van der Waals surface area contributed by atoms with Crippen molar-refractivity contribution < 1.29 is 9.53 Å². The van der Waals surface area contributed by atoms with Crippen LogP contribution in [0.5, 0.6) is 5.88 Å². The number of benzene rings is 1. The van der Waals surface area contributed by atoms with E-state index in [1.807, 2.05) is 43.3 Å². The van der Waals surface area contributed by atoms with Crippen molar-refractivity contribution in [2.75, 3.05) is 6.61 Å². The summed E-state index contributed by atoms with van der Waals surface area (Å²) in [5.41, 5.74) is 0.980. The Balaban J connectivity index is 0.000000317. The lowest BCUT2D eigenvalue weighted by molar-refractivity contribution is -0.114. The number of Topliss-reactive ketones (excluding diaryl/α,β-unsaturated/α-hetero) is 1. The third-order valence-electron chi connectivity index (χ3n) is 1.87. The van der Waals surface area contributed by atoms with Gasteiger partial charge in [0.05, 0.1) is 12.1 Å². The summed E-state index contributed by atoms with van der Waals surface area (Å²) in [6.07, 6.45) is 0. The minimum Gasteiger partial charge on any atom is -0.478 e. The molecule has 0 aliphatic heterocycles. The largest absolute Gasteiger partial charge is 0.478 e. The lowest BCUT2D eigenvalue weighted by Crippen LogP contribution is -1.93. The van der Waals surface area contributed by atoms with Crippen LogP contribution in [0, 0.1) is 0 Å². The molecule has 1 aromatic carbocycles. The van der Waals surface area contributed by atoms with Crippen LogP contribution in [0.3, 0.4) is 0 Å². The molecule has 90 valence electrons. The lowest BCUT2D eigenvalue weighted by atomic mass is 10.2. The maximum atomic E-state index is 9.44. The molecule has 2 rings (SSSR count). The first-order valence-electron chi connectivity index (χ1n) is 5.59. The zero-order valence-electron chi connectivity index (χ0n) is 10.4. The van der Waals surface area contributed by atoms with E-state index >= 15 is 0 Å². The summed E-state index contributed by atoms with van der Waals surface area (Å²) < 4.78 is 5.30. The van der Waals surface area contributed by atoms with Crippen LogP contribution in [0.4, 0.5) is 0 Å². The van der Waals surface area contributed by atoms with Crippen molar-refractivity contribution in [3.8, 4) is 5.88 Å². The van der Waals surface area contributed by atoms with Crippen LogP contribution in [0.25, 0.3) is 10.9 Å². The Kier molecular flexibility index (Phi) is 5.14. The number of fused-ring (bicyclic) bond motifs is 1. The molecule has 1 aromatic heterocycles. The van der Waals surface area contributed by atoms with Crippen molar-refractivity contribution in [2.45, 2.75) is 20.8 Å². The smallest absolute Gasteiger partial charge is 0.213 e. The average Bonchev–Trinajstić information content (AvgIpc) is 2.29. The maximum Gasteiger partial charge on any atom is 0.213 e. The van der Waals surface area contributed by atoms with Crippen LogP contribution in [0.2, 0.25) is 0 Å². The van der Waals surface area contributed by atoms with Gasteiger partial charge in [0, 0.05) is 11.5 Å². The second-order valence-corrected chi connectivity index (χ2v) is 3.68. The summed E-state index contributed by atoms with van der Waals surface area (Å²) in [6, 6.07) is 11.9. The molecule has 0 unspecified atom stereocenters. The van der Waals surface area contributed by atoms with E-state index in [-0.39, 0.29) is 5.78 Å². The van der Waals surface area contributed by atoms with E-state index in [9.17, 15) is 4.79 Å². The number of pyridine rings is 1. The summed E-state index contributed by atoms with van der Waals surface area (Å²) in [5.74, 6) is 0.862. The Morgan fingerprint density at radius 2 is 1.82 bits per heavy atom. The van der Waals surface area contributed by atoms with Crippen molar-refractivity contribution in [2.24, 2.45) is 0 Å². The fourth-order valence-electron chi connectivity index (χ4n) is 1.28. The predicted molar refractivity (Wildman–Crippen MR) is 69.3 cm³/mol. The number of ketones is 1. The molecule has 0 saturated carbocycles. The van der Waals surface area contributed by atoms with E-state index < -0.39 is 0 Å². The number of hydrogen-bond donors (Lipinski definition) is 0. The van der Waals surface area contributed by atoms with Gasteiger partial charge in [-0.2, -0.15) is 0 Å². The number of carbonyl (C=O) groups is 1. The highest BCUT2D eigenvalue weighted by Crippen LogP contribution is 2.15. The first-order valence-corrected chi connectivity index (χ1v) is 5.59. The number of nitrogens with zero attached hydrogens (tertiary/aromatic N) is 1. The minimum absolute atomic E-state index is 0.167. The van der Waals surface area contributed by atoms with Gasteiger partial charge in [0.25, 0.3) is 0 Å². The molecular weight excluding hydrogens is 214 g/mol. The fraction of sp³-hybridized carbons (Fsp3) is 0.286. The summed E-state index contributed by atoms with van der Waals surface area (Å²) in [6.45, 7) is 5.67. The van der Waals surface area contributed by atoms with Gasteiger partial charge >= 0.3 is 0 Å². The molecule has 0 atom stereocenters. The van der Waals surface area contributed by atoms with Crippen molar-refractivity contribution in [1.29, 1.82) is 0 Å². The van der Waals surface area contributed by atoms with Crippen molar-refractivity contribution in [3.63, 3.8) is 0 Å². The summed E-state index contributed by atoms with van der Waals surface area (Å²) in [4.78, 5) is 13.8. The zero-order chi connectivity index (χ0) is 12.7. The highest BCUT2D eigenvalue weighted by atomic mass is 16.5. The van der Waals surface area contributed by atoms with Crippen LogP contribution >= 0.6 is 0 Å². The molecule has 0 radical (unpaired) electrons. The van der Waals surface area contributed by atoms with Gasteiger partial charge in [-0.1, -0.05) is 18.2 Å². The molecule has 3 nitrogen and oxygen atoms in total. The first kappa shape index (κ1) is 13.2. The van der Waals surface area contributed by atoms with Crippen molar-refractivity contribution in [1.82, 2.24) is 4.98 Å². The molecule has 0 N–H and O–H groups in total. The van der Waals surface area contributed by atoms with Crippen molar-refractivity contribution >= 4 is 16.7 Å². The number of para-hydroxylation sites is 1. The van der Waals surface area contributed by atoms with Crippen LogP contribution in [-0.4, -0.2) is 17.4 Å². The number of ether oxygens (including phenoxy) is 1. The second-order valence-electron chi connectivity index (χ2n) is 3.68. The first-order chi connectivity index (χ1) is 8.13. The maximum absolute atomic E-state index is 9.44. The molecule has 0 amide bonds. The van der Waals surface area contributed by atoms with Gasteiger partial charge < -0.3 is 9.53 Å². The van der Waals surface area contributed by atoms with Gasteiger partial charge in [-0.3, -0.25) is 0 Å². The normalized spacial score (nSPS) is 9.35. The topological polar surface area (TPSA) is 39.2 Å². The molecule has 0 fully saturated rings. The predicted octanol–water partition coefficient (Wildman–Crippen LogP) is 3.23. The summed E-state index contributed by atoms with van der Waals surface area (Å²) >= 11 is 0. The molecule has 3 heteroatoms. The van der Waals surface area contributed by atoms with Gasteiger partial charge in [-0.05, 0) is 32.9 Å². The molecule has 0 bridgehead atoms. The number of rotatable bonds is 2. The minimum atomic E-state index is 0.167. The Hall–Kier alpha value is -1.90. The zero-order valence-corrected chi connectivity index (χ0v) is 10.4. The molecule has 1 heterocycles. The van der Waals surface area contributed by atoms with Gasteiger partial charge in [0.2, 0.25) is 5.88 Å². The van der Waals surface area contributed by atoms with Crippen LogP contribution in [0.15, 0.2) is 36.4 Å². The number of carbonyl (C=O) groups excluding carboxylic acids is 1. The van der Waals surface area contributed by atoms with E-state index in [0.717, 1.165) is 10.9 Å². The van der Waals surface area contributed by atoms with Gasteiger partial charge in [0.15, 0.2) is 0 Å². The quantitative estimate of drug-likeness (QED) is 0.796. The highest BCUT2D eigenvalue weighted by Gasteiger charge is 1.96. The SMILES string of the molecule is CC(C)=O.CCOc1ccc2ccccc2n1. The van der Waals surface area contributed by atoms with Crippen LogP contribution in [0.1, 0.15) is 20.8 Å². The molecular formula is C14H17NO2. The fourth-order valence-corrected chi connectivity index (χ4v) is 1.28. The van der Waals surface area contributed by atoms with E-state index in [1.165, 1.54) is 13.8 Å². The lowest BCUT2D eigenvalue weighted by Gasteiger charge is -2.02. The Bertz CT molecular complexity index is 490. The third kappa shape index (κ3) is 4.64. The van der Waals surface area contributed by atoms with E-state index in [4.69, 9.17) is 4.74 Å². The molecule has 17 heavy (non-hydrogen) atoms. The van der Waals surface area contributed by atoms with Gasteiger partial charge in [0.1, 0.15) is 5.78 Å². The highest BCUT2D eigenvalue weighted by molar-refractivity contribution is 5.78. The van der Waals surface area contributed by atoms with Crippen LogP contribution < -0.4 is 4.74 Å². The molecule has 0 aliphatic rings. The van der Waals surface area contributed by atoms with Crippen LogP contribution in [-0.2, 0) is 4.79 Å². The number of hydrogen-bond acceptors (Lipinski definition) is 3. The average molecular weight is 231 g/mol. The van der Waals surface area contributed by atoms with E-state index in [1.54, 1.807) is 0 Å². The van der Waals surface area contributed by atoms with E-state index in [2.05, 4.69) is 4.98 Å². The summed E-state index contributed by atoms with van der Waals surface area (Å²) in [5, 5.41) is 1.14. The summed E-state index contributed by atoms with van der Waals surface area (Å²) in [7, 11) is 0. The molecule has 2 aromatic rings. The molecule has 0 aliphatic carbocycles. The Morgan fingerprint density at radius 1 is 1.18 bits per heavy atom. The Labute approximate surface area is 101 Å². The van der Waals surface area contributed by atoms with Gasteiger partial charge in [-0.25, -0.2) is 4.98 Å². The molecule has 0 saturated heterocycles. The van der Waals surface area contributed by atoms with E-state index in [0.29, 0.717) is 12.5 Å². The monoisotopic (exact) mass is 231 g/mol. The van der Waals surface area contributed by atoms with Gasteiger partial charge in [-0.15, -0.1) is 0 Å².